The summed E-state index contributed by atoms with van der Waals surface area (Å²) in [7, 11) is 2.92. The summed E-state index contributed by atoms with van der Waals surface area (Å²) in [4.78, 5) is 24.6. The molecule has 1 atom stereocenters. The molecule has 29 heavy (non-hydrogen) atoms. The standard InChI is InChI=1S/C21H20BrN3O4/c1-28-17-8-6-16(7-9-17)25-11-10-18(24-25)21(27)23-19(13-20(26)29-2)14-4-3-5-15(22)12-14/h3-12,19H,13H2,1-2H3,(H,23,27). The van der Waals surface area contributed by atoms with Crippen molar-refractivity contribution in [3.8, 4) is 11.4 Å². The van der Waals surface area contributed by atoms with Gasteiger partial charge in [0.2, 0.25) is 0 Å². The van der Waals surface area contributed by atoms with Crippen molar-refractivity contribution in [2.45, 2.75) is 12.5 Å². The fourth-order valence-corrected chi connectivity index (χ4v) is 3.20. The number of methoxy groups -OCH3 is 2. The average molecular weight is 458 g/mol. The van der Waals surface area contributed by atoms with Crippen molar-refractivity contribution < 1.29 is 19.1 Å². The third-order valence-electron chi connectivity index (χ3n) is 4.31. The summed E-state index contributed by atoms with van der Waals surface area (Å²) in [6.45, 7) is 0. The van der Waals surface area contributed by atoms with Crippen LogP contribution < -0.4 is 10.1 Å². The molecular weight excluding hydrogens is 438 g/mol. The number of amides is 1. The van der Waals surface area contributed by atoms with Gasteiger partial charge in [0.15, 0.2) is 5.69 Å². The monoisotopic (exact) mass is 457 g/mol. The SMILES string of the molecule is COC(=O)CC(NC(=O)c1ccn(-c2ccc(OC)cc2)n1)c1cccc(Br)c1. The second-order valence-electron chi connectivity index (χ2n) is 6.20. The van der Waals surface area contributed by atoms with Gasteiger partial charge in [-0.15, -0.1) is 0 Å². The van der Waals surface area contributed by atoms with E-state index < -0.39 is 12.0 Å². The number of nitrogens with one attached hydrogen (secondary N) is 1. The lowest BCUT2D eigenvalue weighted by Gasteiger charge is -2.18. The summed E-state index contributed by atoms with van der Waals surface area (Å²) in [6, 6.07) is 15.8. The number of benzene rings is 2. The minimum absolute atomic E-state index is 0.0118. The number of aromatic nitrogens is 2. The lowest BCUT2D eigenvalue weighted by atomic mass is 10.0. The molecular formula is C21H20BrN3O4. The Morgan fingerprint density at radius 1 is 1.14 bits per heavy atom. The van der Waals surface area contributed by atoms with Gasteiger partial charge in [0, 0.05) is 10.7 Å². The number of carbonyl (C=O) groups excluding carboxylic acids is 2. The highest BCUT2D eigenvalue weighted by atomic mass is 79.9. The van der Waals surface area contributed by atoms with Crippen LogP contribution in [0, 0.1) is 0 Å². The van der Waals surface area contributed by atoms with Crippen LogP contribution in [0.5, 0.6) is 5.75 Å². The zero-order valence-electron chi connectivity index (χ0n) is 16.0. The molecule has 1 heterocycles. The van der Waals surface area contributed by atoms with Crippen LogP contribution in [0.25, 0.3) is 5.69 Å². The Labute approximate surface area is 176 Å². The first-order valence-electron chi connectivity index (χ1n) is 8.83. The molecule has 0 fully saturated rings. The molecule has 1 amide bonds. The molecule has 0 aliphatic rings. The molecule has 0 aliphatic carbocycles. The van der Waals surface area contributed by atoms with Crippen molar-refractivity contribution in [1.29, 1.82) is 0 Å². The molecule has 2 aromatic carbocycles. The number of esters is 1. The van der Waals surface area contributed by atoms with Crippen molar-refractivity contribution in [2.75, 3.05) is 14.2 Å². The van der Waals surface area contributed by atoms with Crippen LogP contribution in [0.1, 0.15) is 28.5 Å². The van der Waals surface area contributed by atoms with Gasteiger partial charge in [-0.1, -0.05) is 28.1 Å². The molecule has 1 unspecified atom stereocenters. The molecule has 1 aromatic heterocycles. The van der Waals surface area contributed by atoms with Crippen LogP contribution in [0.4, 0.5) is 0 Å². The number of rotatable bonds is 7. The molecule has 0 radical (unpaired) electrons. The fraction of sp³-hybridized carbons (Fsp3) is 0.190. The largest absolute Gasteiger partial charge is 0.497 e. The van der Waals surface area contributed by atoms with Crippen LogP contribution in [-0.4, -0.2) is 35.9 Å². The van der Waals surface area contributed by atoms with E-state index in [2.05, 4.69) is 26.3 Å². The second-order valence-corrected chi connectivity index (χ2v) is 7.12. The highest BCUT2D eigenvalue weighted by molar-refractivity contribution is 9.10. The summed E-state index contributed by atoms with van der Waals surface area (Å²) in [5.41, 5.74) is 1.82. The van der Waals surface area contributed by atoms with Gasteiger partial charge in [-0.05, 0) is 48.0 Å². The normalized spacial score (nSPS) is 11.6. The highest BCUT2D eigenvalue weighted by Gasteiger charge is 2.21. The topological polar surface area (TPSA) is 82.5 Å². The van der Waals surface area contributed by atoms with Crippen molar-refractivity contribution >= 4 is 27.8 Å². The van der Waals surface area contributed by atoms with Gasteiger partial charge in [0.25, 0.3) is 5.91 Å². The first-order chi connectivity index (χ1) is 14.0. The molecule has 0 bridgehead atoms. The third kappa shape index (κ3) is 5.23. The molecule has 1 N–H and O–H groups in total. The van der Waals surface area contributed by atoms with Gasteiger partial charge in [0.1, 0.15) is 5.75 Å². The summed E-state index contributed by atoms with van der Waals surface area (Å²) < 4.78 is 12.4. The molecule has 0 saturated heterocycles. The lowest BCUT2D eigenvalue weighted by Crippen LogP contribution is -2.31. The zero-order chi connectivity index (χ0) is 20.8. The minimum atomic E-state index is -0.543. The van der Waals surface area contributed by atoms with Crippen LogP contribution in [0.3, 0.4) is 0 Å². The van der Waals surface area contributed by atoms with E-state index in [1.54, 1.807) is 24.1 Å². The van der Waals surface area contributed by atoms with E-state index in [0.717, 1.165) is 21.5 Å². The Bertz CT molecular complexity index is 1000. The lowest BCUT2D eigenvalue weighted by molar-refractivity contribution is -0.141. The number of carbonyl (C=O) groups is 2. The second kappa shape index (κ2) is 9.38. The number of hydrogen-bond acceptors (Lipinski definition) is 5. The molecule has 150 valence electrons. The predicted molar refractivity (Wildman–Crippen MR) is 111 cm³/mol. The molecule has 0 spiro atoms. The maximum Gasteiger partial charge on any atom is 0.307 e. The first-order valence-corrected chi connectivity index (χ1v) is 9.62. The van der Waals surface area contributed by atoms with E-state index >= 15 is 0 Å². The maximum atomic E-state index is 12.8. The Morgan fingerprint density at radius 2 is 1.90 bits per heavy atom. The smallest absolute Gasteiger partial charge is 0.307 e. The highest BCUT2D eigenvalue weighted by Crippen LogP contribution is 2.22. The zero-order valence-corrected chi connectivity index (χ0v) is 17.5. The number of nitrogens with zero attached hydrogens (tertiary/aromatic N) is 2. The summed E-state index contributed by atoms with van der Waals surface area (Å²) in [5, 5.41) is 7.21. The maximum absolute atomic E-state index is 12.8. The number of hydrogen-bond donors (Lipinski definition) is 1. The van der Waals surface area contributed by atoms with Gasteiger partial charge in [-0.2, -0.15) is 5.10 Å². The Balaban J connectivity index is 1.78. The van der Waals surface area contributed by atoms with Gasteiger partial charge in [-0.25, -0.2) is 4.68 Å². The molecule has 7 nitrogen and oxygen atoms in total. The Kier molecular flexibility index (Phi) is 6.66. The molecule has 3 aromatic rings. The van der Waals surface area contributed by atoms with Crippen molar-refractivity contribution in [1.82, 2.24) is 15.1 Å². The van der Waals surface area contributed by atoms with E-state index in [1.807, 2.05) is 48.5 Å². The Morgan fingerprint density at radius 3 is 2.55 bits per heavy atom. The molecule has 0 saturated carbocycles. The van der Waals surface area contributed by atoms with Gasteiger partial charge < -0.3 is 14.8 Å². The molecule has 0 aliphatic heterocycles. The van der Waals surface area contributed by atoms with E-state index in [4.69, 9.17) is 9.47 Å². The van der Waals surface area contributed by atoms with Crippen LogP contribution in [0.2, 0.25) is 0 Å². The summed E-state index contributed by atoms with van der Waals surface area (Å²) in [6.07, 6.45) is 1.71. The van der Waals surface area contributed by atoms with Crippen LogP contribution in [0.15, 0.2) is 65.3 Å². The van der Waals surface area contributed by atoms with Crippen molar-refractivity contribution in [3.63, 3.8) is 0 Å². The van der Waals surface area contributed by atoms with Crippen LogP contribution >= 0.6 is 15.9 Å². The van der Waals surface area contributed by atoms with Gasteiger partial charge >= 0.3 is 5.97 Å². The number of ether oxygens (including phenoxy) is 2. The van der Waals surface area contributed by atoms with Crippen LogP contribution in [-0.2, 0) is 9.53 Å². The van der Waals surface area contributed by atoms with E-state index in [0.29, 0.717) is 0 Å². The molecule has 8 heteroatoms. The minimum Gasteiger partial charge on any atom is -0.497 e. The predicted octanol–water partition coefficient (Wildman–Crippen LogP) is 3.68. The van der Waals surface area contributed by atoms with E-state index in [1.165, 1.54) is 7.11 Å². The third-order valence-corrected chi connectivity index (χ3v) is 4.81. The average Bonchev–Trinajstić information content (AvgIpc) is 3.23. The van der Waals surface area contributed by atoms with Crippen molar-refractivity contribution in [2.24, 2.45) is 0 Å². The van der Waals surface area contributed by atoms with Crippen molar-refractivity contribution in [3.05, 3.63) is 76.5 Å². The Hall–Kier alpha value is -3.13. The summed E-state index contributed by atoms with van der Waals surface area (Å²) in [5.74, 6) is -0.0660. The van der Waals surface area contributed by atoms with E-state index in [-0.39, 0.29) is 18.0 Å². The fourth-order valence-electron chi connectivity index (χ4n) is 2.78. The van der Waals surface area contributed by atoms with E-state index in [9.17, 15) is 9.59 Å². The first kappa shape index (κ1) is 20.6. The van der Waals surface area contributed by atoms with Gasteiger partial charge in [-0.3, -0.25) is 9.59 Å². The molecule has 3 rings (SSSR count). The quantitative estimate of drug-likeness (QED) is 0.547. The number of halogens is 1. The van der Waals surface area contributed by atoms with Gasteiger partial charge in [0.05, 0.1) is 32.4 Å². The summed E-state index contributed by atoms with van der Waals surface area (Å²) >= 11 is 3.41.